The average Bonchev–Trinajstić information content (AvgIpc) is 3.96. The van der Waals surface area contributed by atoms with Gasteiger partial charge in [0.05, 0.1) is 0 Å². The normalized spacial score (nSPS) is 11.1. The minimum atomic E-state index is -7.22. The quantitative estimate of drug-likeness (QED) is 0.0548. The third kappa shape index (κ3) is 7.15. The van der Waals surface area contributed by atoms with Gasteiger partial charge in [-0.05, 0) is 0 Å². The summed E-state index contributed by atoms with van der Waals surface area (Å²) in [4.78, 5) is 0. The summed E-state index contributed by atoms with van der Waals surface area (Å²) in [5.41, 5.74) is -14.3. The Labute approximate surface area is 309 Å². The van der Waals surface area contributed by atoms with E-state index in [0.717, 1.165) is 0 Å². The van der Waals surface area contributed by atoms with Crippen molar-refractivity contribution in [1.82, 2.24) is 0 Å². The van der Waals surface area contributed by atoms with Gasteiger partial charge in [0.25, 0.3) is 0 Å². The van der Waals surface area contributed by atoms with Gasteiger partial charge in [-0.2, -0.15) is 36.4 Å². The van der Waals surface area contributed by atoms with Gasteiger partial charge in [-0.1, -0.05) is 0 Å². The zero-order valence-electron chi connectivity index (χ0n) is 26.3. The summed E-state index contributed by atoms with van der Waals surface area (Å²) in [5.74, 6) is -71.4. The number of rotatable bonds is 4. The van der Waals surface area contributed by atoms with Crippen LogP contribution in [0.3, 0.4) is 0 Å². The van der Waals surface area contributed by atoms with Crippen LogP contribution in [-0.2, 0) is 17.1 Å². The standard InChI is InChI=1S/C24BF20.2C5H5.Fe/c26-5-1(6(27)14(35)21(42)13(5)34)25(2-7(28)15(36)22(43)16(37)8(2)29,3-9(30)17(38)23(44)18(39)10(3)31)4-11(32)19(40)24(45)20(41)12(4)33;2*1-2-4-5-3-1;/h;2*1-5H;/q3*-1;+3. The van der Waals surface area contributed by atoms with Gasteiger partial charge in [-0.3, -0.25) is 0 Å². The zero-order valence-corrected chi connectivity index (χ0v) is 27.4. The smallest absolute Gasteiger partial charge is 0.214 e. The molecule has 6 aromatic carbocycles. The van der Waals surface area contributed by atoms with Gasteiger partial charge in [-0.15, -0.1) is 21.9 Å². The Bertz CT molecular complexity index is 1930. The molecule has 0 aliphatic carbocycles. The minimum Gasteiger partial charge on any atom is -0.214 e. The van der Waals surface area contributed by atoms with Gasteiger partial charge in [0.1, 0.15) is 52.7 Å². The van der Waals surface area contributed by atoms with E-state index in [-0.39, 0.29) is 17.1 Å². The molecule has 1 radical (unpaired) electrons. The van der Waals surface area contributed by atoms with Gasteiger partial charge in [0.15, 0.2) is 69.8 Å². The molecule has 0 aliphatic heterocycles. The van der Waals surface area contributed by atoms with Crippen molar-refractivity contribution in [2.24, 2.45) is 0 Å². The van der Waals surface area contributed by atoms with Crippen molar-refractivity contribution in [3.8, 4) is 0 Å². The number of halogens is 20. The second-order valence-electron chi connectivity index (χ2n) is 10.7. The van der Waals surface area contributed by atoms with E-state index in [0.29, 0.717) is 0 Å². The molecular weight excluding hydrogens is 855 g/mol. The Hall–Kier alpha value is -5.24. The molecule has 56 heavy (non-hydrogen) atoms. The zero-order chi connectivity index (χ0) is 41.4. The van der Waals surface area contributed by atoms with Gasteiger partial charge in [0.2, 0.25) is 0 Å². The molecule has 22 heteroatoms. The summed E-state index contributed by atoms with van der Waals surface area (Å²) in [7, 11) is 0. The largest absolute Gasteiger partial charge is 3.00 e. The van der Waals surface area contributed by atoms with Crippen LogP contribution in [0.2, 0.25) is 0 Å². The van der Waals surface area contributed by atoms with Crippen molar-refractivity contribution in [3.05, 3.63) is 177 Å². The molecule has 0 fully saturated rings. The van der Waals surface area contributed by atoms with E-state index in [1.165, 1.54) is 0 Å². The molecular formula is C34H10BF20Fe. The Kier molecular flexibility index (Phi) is 13.9. The molecule has 0 heterocycles. The topological polar surface area (TPSA) is 0 Å². The molecule has 0 saturated carbocycles. The first-order chi connectivity index (χ1) is 25.7. The molecule has 0 amide bonds. The average molecular weight is 865 g/mol. The molecule has 0 unspecified atom stereocenters. The fraction of sp³-hybridized carbons (Fsp3) is 0. The summed E-state index contributed by atoms with van der Waals surface area (Å²) >= 11 is 0. The van der Waals surface area contributed by atoms with Crippen LogP contribution < -0.4 is 21.9 Å². The maximum Gasteiger partial charge on any atom is 3.00 e. The first-order valence-corrected chi connectivity index (χ1v) is 14.3. The van der Waals surface area contributed by atoms with E-state index in [2.05, 4.69) is 0 Å². The van der Waals surface area contributed by atoms with Crippen molar-refractivity contribution >= 4 is 28.0 Å². The first-order valence-electron chi connectivity index (χ1n) is 14.3. The number of hydrogen-bond donors (Lipinski definition) is 0. The molecule has 0 spiro atoms. The van der Waals surface area contributed by atoms with Crippen molar-refractivity contribution in [3.63, 3.8) is 0 Å². The third-order valence-electron chi connectivity index (χ3n) is 7.82. The monoisotopic (exact) mass is 865 g/mol. The summed E-state index contributed by atoms with van der Waals surface area (Å²) in [6, 6.07) is 20.0. The predicted molar refractivity (Wildman–Crippen MR) is 153 cm³/mol. The Balaban J connectivity index is 0.000000661. The summed E-state index contributed by atoms with van der Waals surface area (Å²) in [5, 5.41) is 0. The van der Waals surface area contributed by atoms with Crippen LogP contribution >= 0.6 is 0 Å². The molecule has 297 valence electrons. The summed E-state index contributed by atoms with van der Waals surface area (Å²) < 4.78 is 294. The van der Waals surface area contributed by atoms with Crippen molar-refractivity contribution < 1.29 is 105 Å². The van der Waals surface area contributed by atoms with E-state index < -0.39 is 144 Å². The SMILES string of the molecule is Fc1c(F)c(F)c([B-](c2c(F)c(F)c(F)c(F)c2F)(c2c(F)c(F)c(F)c(F)c2F)c2c(F)c(F)c(F)c(F)c2F)c(F)c1F.[Fe+3].c1cc[cH-]c1.c1cc[cH-]c1. The number of benzene rings is 4. The molecule has 6 aromatic rings. The Morgan fingerprint density at radius 2 is 0.357 bits per heavy atom. The predicted octanol–water partition coefficient (Wildman–Crippen LogP) is 8.65. The van der Waals surface area contributed by atoms with E-state index >= 15 is 35.1 Å². The van der Waals surface area contributed by atoms with Crippen LogP contribution in [0.1, 0.15) is 0 Å². The van der Waals surface area contributed by atoms with Gasteiger partial charge in [0, 0.05) is 0 Å². The van der Waals surface area contributed by atoms with Crippen LogP contribution in [0, 0.1) is 116 Å². The Morgan fingerprint density at radius 3 is 0.464 bits per heavy atom. The maximum atomic E-state index is 15.4. The number of hydrogen-bond acceptors (Lipinski definition) is 0. The second kappa shape index (κ2) is 17.3. The van der Waals surface area contributed by atoms with E-state index in [4.69, 9.17) is 0 Å². The maximum absolute atomic E-state index is 15.4. The van der Waals surface area contributed by atoms with Gasteiger partial charge < -0.3 is 0 Å². The summed E-state index contributed by atoms with van der Waals surface area (Å²) in [6.45, 7) is 0. The van der Waals surface area contributed by atoms with E-state index in [9.17, 15) is 52.7 Å². The van der Waals surface area contributed by atoms with Crippen LogP contribution in [-0.4, -0.2) is 6.15 Å². The van der Waals surface area contributed by atoms with Crippen molar-refractivity contribution in [2.75, 3.05) is 0 Å². The molecule has 0 aliphatic rings. The fourth-order valence-corrected chi connectivity index (χ4v) is 5.52. The fourth-order valence-electron chi connectivity index (χ4n) is 5.52. The molecule has 0 aromatic heterocycles. The van der Waals surface area contributed by atoms with Crippen LogP contribution in [0.5, 0.6) is 0 Å². The molecule has 0 saturated heterocycles. The third-order valence-corrected chi connectivity index (χ3v) is 7.82. The minimum absolute atomic E-state index is 0. The van der Waals surface area contributed by atoms with Gasteiger partial charge in [-0.25, -0.2) is 112 Å². The second-order valence-corrected chi connectivity index (χ2v) is 10.7. The van der Waals surface area contributed by atoms with Crippen LogP contribution in [0.15, 0.2) is 60.7 Å². The molecule has 6 rings (SSSR count). The van der Waals surface area contributed by atoms with Crippen molar-refractivity contribution in [2.45, 2.75) is 0 Å². The van der Waals surface area contributed by atoms with Gasteiger partial charge >= 0.3 is 17.1 Å². The Morgan fingerprint density at radius 1 is 0.232 bits per heavy atom. The van der Waals surface area contributed by atoms with Crippen LogP contribution in [0.25, 0.3) is 0 Å². The first kappa shape index (κ1) is 45.2. The summed E-state index contributed by atoms with van der Waals surface area (Å²) in [6.07, 6.45) is -7.22. The van der Waals surface area contributed by atoms with Crippen molar-refractivity contribution in [1.29, 1.82) is 0 Å². The van der Waals surface area contributed by atoms with E-state index in [1.807, 2.05) is 60.7 Å². The molecule has 0 N–H and O–H groups in total. The molecule has 0 nitrogen and oxygen atoms in total. The van der Waals surface area contributed by atoms with E-state index in [1.54, 1.807) is 0 Å². The molecule has 0 bridgehead atoms. The molecule has 0 atom stereocenters. The van der Waals surface area contributed by atoms with Crippen LogP contribution in [0.4, 0.5) is 87.8 Å².